The van der Waals surface area contributed by atoms with Crippen molar-refractivity contribution in [2.24, 2.45) is 15.7 Å². The molecule has 320 valence electrons. The third-order valence-corrected chi connectivity index (χ3v) is 14.8. The Morgan fingerprint density at radius 2 is 1.22 bits per heavy atom. The van der Waals surface area contributed by atoms with Gasteiger partial charge in [0, 0.05) is 21.7 Å². The van der Waals surface area contributed by atoms with Crippen LogP contribution in [0.2, 0.25) is 0 Å². The number of hydrogen-bond donors (Lipinski definition) is 6. The highest BCUT2D eigenvalue weighted by Gasteiger charge is 2.44. The highest BCUT2D eigenvalue weighted by molar-refractivity contribution is 7.92. The molecule has 2 bridgehead atoms. The Bertz CT molecular complexity index is 1060. The Balaban J connectivity index is 1.40. The van der Waals surface area contributed by atoms with Crippen LogP contribution >= 0.6 is 0 Å². The number of ether oxygens (including phenoxy) is 2. The first-order valence-electron chi connectivity index (χ1n) is 22.5. The van der Waals surface area contributed by atoms with Gasteiger partial charge in [-0.05, 0) is 69.1 Å². The predicted octanol–water partition coefficient (Wildman–Crippen LogP) is 7.56. The Hall–Kier alpha value is -0.370. The summed E-state index contributed by atoms with van der Waals surface area (Å²) < 4.78 is 29.5. The molecule has 9 atom stereocenters. The summed E-state index contributed by atoms with van der Waals surface area (Å²) in [5, 5.41) is 62.7. The molecule has 11 heteroatoms. The first-order chi connectivity index (χ1) is 26.0. The van der Waals surface area contributed by atoms with Gasteiger partial charge in [-0.25, -0.2) is 4.36 Å². The third-order valence-electron chi connectivity index (χ3n) is 13.0. The highest BCUT2D eigenvalue weighted by Crippen LogP contribution is 2.52. The molecule has 4 aliphatic rings. The second-order valence-electron chi connectivity index (χ2n) is 17.7. The van der Waals surface area contributed by atoms with E-state index in [2.05, 4.69) is 11.3 Å². The van der Waals surface area contributed by atoms with E-state index in [1.165, 1.54) is 128 Å². The van der Waals surface area contributed by atoms with E-state index in [1.54, 1.807) is 6.26 Å². The standard InChI is InChI=1S/C43H83NO9S/c1-3-4-5-6-7-8-9-10-11-14-17-20-23-36(46)38(47)35(33-52-42-41(50)40(49)39(48)37(32-45)53-42)44-54(2,51)31-22-19-16-13-12-15-18-21-27-43-28-24-34(25-29-43)26-30-43/h34-42,45-50H,3-33H2,1-2H3/t34?,35-,36+,37?,38-,39?,40?,41?,42?,43?,54?/m0/s1. The minimum Gasteiger partial charge on any atom is -0.394 e. The van der Waals surface area contributed by atoms with E-state index in [-0.39, 0.29) is 6.61 Å². The molecule has 4 rings (SSSR count). The molecule has 1 aliphatic heterocycles. The molecule has 0 aromatic heterocycles. The van der Waals surface area contributed by atoms with Crippen molar-refractivity contribution >= 4 is 9.73 Å². The summed E-state index contributed by atoms with van der Waals surface area (Å²) in [6.45, 7) is 1.32. The van der Waals surface area contributed by atoms with E-state index >= 15 is 0 Å². The van der Waals surface area contributed by atoms with Gasteiger partial charge in [0.05, 0.1) is 19.3 Å². The van der Waals surface area contributed by atoms with Crippen molar-refractivity contribution in [2.75, 3.05) is 25.2 Å². The molecule has 0 radical (unpaired) electrons. The van der Waals surface area contributed by atoms with Crippen molar-refractivity contribution in [3.8, 4) is 0 Å². The van der Waals surface area contributed by atoms with Crippen LogP contribution in [0.5, 0.6) is 0 Å². The van der Waals surface area contributed by atoms with Crippen molar-refractivity contribution in [1.29, 1.82) is 0 Å². The summed E-state index contributed by atoms with van der Waals surface area (Å²) >= 11 is 0. The molecule has 3 aliphatic carbocycles. The maximum absolute atomic E-state index is 13.7. The van der Waals surface area contributed by atoms with Crippen LogP contribution in [-0.2, 0) is 19.2 Å². The summed E-state index contributed by atoms with van der Waals surface area (Å²) in [6.07, 6.45) is 26.0. The lowest BCUT2D eigenvalue weighted by Gasteiger charge is -2.47. The lowest BCUT2D eigenvalue weighted by molar-refractivity contribution is -0.302. The molecule has 0 amide bonds. The van der Waals surface area contributed by atoms with Gasteiger partial charge in [-0.1, -0.05) is 129 Å². The highest BCUT2D eigenvalue weighted by atomic mass is 32.2. The van der Waals surface area contributed by atoms with Gasteiger partial charge in [-0.15, -0.1) is 0 Å². The maximum Gasteiger partial charge on any atom is 0.186 e. The number of unbranched alkanes of at least 4 members (excludes halogenated alkanes) is 18. The van der Waals surface area contributed by atoms with Gasteiger partial charge in [0.2, 0.25) is 0 Å². The number of rotatable bonds is 31. The van der Waals surface area contributed by atoms with Crippen LogP contribution in [-0.4, -0.2) is 109 Å². The molecule has 3 saturated carbocycles. The largest absolute Gasteiger partial charge is 0.394 e. The molecule has 1 heterocycles. The van der Waals surface area contributed by atoms with Gasteiger partial charge in [-0.2, -0.15) is 0 Å². The molecular formula is C43H83NO9S. The van der Waals surface area contributed by atoms with Gasteiger partial charge < -0.3 is 40.1 Å². The first kappa shape index (κ1) is 48.0. The second kappa shape index (κ2) is 26.6. The van der Waals surface area contributed by atoms with Gasteiger partial charge in [0.15, 0.2) is 6.29 Å². The number of hydrogen-bond acceptors (Lipinski definition) is 10. The van der Waals surface area contributed by atoms with E-state index in [4.69, 9.17) is 9.47 Å². The predicted molar refractivity (Wildman–Crippen MR) is 218 cm³/mol. The van der Waals surface area contributed by atoms with Crippen LogP contribution in [0, 0.1) is 11.3 Å². The SMILES string of the molecule is CCCCCCCCCCCCCC[C@@H](O)[C@@H](O)[C@H](COC1OC(CO)C(O)C(O)C1O)N=S(C)(=O)CCCCCCCCCCC12CCC(CC1)CC2. The van der Waals surface area contributed by atoms with Crippen molar-refractivity contribution in [3.05, 3.63) is 0 Å². The molecule has 54 heavy (non-hydrogen) atoms. The zero-order chi connectivity index (χ0) is 39.2. The van der Waals surface area contributed by atoms with Gasteiger partial charge >= 0.3 is 0 Å². The fourth-order valence-electron chi connectivity index (χ4n) is 9.20. The number of aliphatic hydroxyl groups excluding tert-OH is 6. The fourth-order valence-corrected chi connectivity index (χ4v) is 10.8. The van der Waals surface area contributed by atoms with Crippen LogP contribution < -0.4 is 0 Å². The first-order valence-corrected chi connectivity index (χ1v) is 24.6. The molecular weight excluding hydrogens is 707 g/mol. The van der Waals surface area contributed by atoms with Crippen molar-refractivity contribution in [1.82, 2.24) is 0 Å². The quantitative estimate of drug-likeness (QED) is 0.0388. The summed E-state index contributed by atoms with van der Waals surface area (Å²) in [6, 6.07) is -1.06. The zero-order valence-electron chi connectivity index (χ0n) is 34.4. The van der Waals surface area contributed by atoms with Crippen molar-refractivity contribution < 1.29 is 44.3 Å². The molecule has 6 N–H and O–H groups in total. The average molecular weight is 790 g/mol. The van der Waals surface area contributed by atoms with E-state index in [0.29, 0.717) is 17.6 Å². The molecule has 0 aromatic carbocycles. The molecule has 6 unspecified atom stereocenters. The van der Waals surface area contributed by atoms with E-state index in [0.717, 1.165) is 50.9 Å². The van der Waals surface area contributed by atoms with E-state index in [1.807, 2.05) is 0 Å². The fraction of sp³-hybridized carbons (Fsp3) is 1.00. The maximum atomic E-state index is 13.7. The molecule has 10 nitrogen and oxygen atoms in total. The van der Waals surface area contributed by atoms with Crippen LogP contribution in [0.15, 0.2) is 4.36 Å². The Morgan fingerprint density at radius 3 is 1.76 bits per heavy atom. The van der Waals surface area contributed by atoms with E-state index in [9.17, 15) is 34.8 Å². The van der Waals surface area contributed by atoms with Crippen LogP contribution in [0.25, 0.3) is 0 Å². The Morgan fingerprint density at radius 1 is 0.722 bits per heavy atom. The van der Waals surface area contributed by atoms with Crippen molar-refractivity contribution in [2.45, 2.75) is 236 Å². The molecule has 4 fully saturated rings. The minimum atomic E-state index is -2.74. The summed E-state index contributed by atoms with van der Waals surface area (Å²) in [7, 11) is -2.74. The summed E-state index contributed by atoms with van der Waals surface area (Å²) in [5.41, 5.74) is 0.679. The van der Waals surface area contributed by atoms with Crippen LogP contribution in [0.4, 0.5) is 0 Å². The van der Waals surface area contributed by atoms with E-state index < -0.39 is 65.3 Å². The molecule has 0 aromatic rings. The third kappa shape index (κ3) is 17.6. The Labute approximate surface area is 329 Å². The molecule has 0 spiro atoms. The van der Waals surface area contributed by atoms with Crippen LogP contribution in [0.3, 0.4) is 0 Å². The minimum absolute atomic E-state index is 0.328. The second-order valence-corrected chi connectivity index (χ2v) is 20.2. The monoisotopic (exact) mass is 790 g/mol. The van der Waals surface area contributed by atoms with Gasteiger partial charge in [0.25, 0.3) is 0 Å². The lowest BCUT2D eigenvalue weighted by Crippen LogP contribution is -2.59. The summed E-state index contributed by atoms with van der Waals surface area (Å²) in [5.74, 6) is 1.40. The van der Waals surface area contributed by atoms with Crippen molar-refractivity contribution in [3.63, 3.8) is 0 Å². The topological polar surface area (TPSA) is 169 Å². The van der Waals surface area contributed by atoms with Gasteiger partial charge in [-0.3, -0.25) is 4.21 Å². The van der Waals surface area contributed by atoms with Gasteiger partial charge in [0.1, 0.15) is 36.6 Å². The normalized spacial score (nSPS) is 29.9. The molecule has 1 saturated heterocycles. The lowest BCUT2D eigenvalue weighted by atomic mass is 9.59. The number of nitrogens with zero attached hydrogens (tertiary/aromatic N) is 1. The average Bonchev–Trinajstić information content (AvgIpc) is 3.17. The zero-order valence-corrected chi connectivity index (χ0v) is 35.2. The smallest absolute Gasteiger partial charge is 0.186 e. The summed E-state index contributed by atoms with van der Waals surface area (Å²) in [4.78, 5) is 0. The van der Waals surface area contributed by atoms with Crippen LogP contribution in [0.1, 0.15) is 187 Å². The number of aliphatic hydroxyl groups is 6. The Kier molecular flexibility index (Phi) is 23.6. The number of fused-ring (bicyclic) bond motifs is 3.